The number of nitrogens with zero attached hydrogens (tertiary/aromatic N) is 1. The van der Waals surface area contributed by atoms with Crippen molar-refractivity contribution in [3.63, 3.8) is 0 Å². The topological polar surface area (TPSA) is 88.2 Å². The summed E-state index contributed by atoms with van der Waals surface area (Å²) in [5, 5.41) is 3.23. The van der Waals surface area contributed by atoms with Gasteiger partial charge in [0.25, 0.3) is 10.0 Å². The van der Waals surface area contributed by atoms with E-state index in [9.17, 15) is 13.2 Å². The van der Waals surface area contributed by atoms with Gasteiger partial charge < -0.3 is 5.32 Å². The van der Waals surface area contributed by atoms with Crippen LogP contribution in [0.2, 0.25) is 0 Å². The highest BCUT2D eigenvalue weighted by atomic mass is 32.2. The fourth-order valence-electron chi connectivity index (χ4n) is 3.91. The summed E-state index contributed by atoms with van der Waals surface area (Å²) < 4.78 is 28.4. The van der Waals surface area contributed by atoms with E-state index in [-0.39, 0.29) is 4.90 Å². The summed E-state index contributed by atoms with van der Waals surface area (Å²) in [5.74, 6) is -0.452. The highest BCUT2D eigenvalue weighted by molar-refractivity contribution is 7.90. The average molecular weight is 385 g/mol. The molecule has 1 aromatic carbocycles. The summed E-state index contributed by atoms with van der Waals surface area (Å²) in [6, 6.07) is 7.05. The molecule has 1 fully saturated rings. The quantitative estimate of drug-likeness (QED) is 0.826. The maximum absolute atomic E-state index is 13.0. The van der Waals surface area contributed by atoms with Gasteiger partial charge in [0.05, 0.1) is 10.3 Å². The summed E-state index contributed by atoms with van der Waals surface area (Å²) in [7, 11) is -3.93. The fourth-order valence-corrected chi connectivity index (χ4v) is 5.25. The van der Waals surface area contributed by atoms with E-state index in [1.165, 1.54) is 0 Å². The molecule has 142 valence electrons. The second-order valence-corrected chi connectivity index (χ2v) is 8.87. The number of hydrogen-bond donors (Lipinski definition) is 2. The monoisotopic (exact) mass is 385 g/mol. The molecule has 0 unspecified atom stereocenters. The third-order valence-corrected chi connectivity index (χ3v) is 6.98. The first-order valence-corrected chi connectivity index (χ1v) is 10.8. The zero-order valence-corrected chi connectivity index (χ0v) is 16.1. The molecule has 27 heavy (non-hydrogen) atoms. The van der Waals surface area contributed by atoms with Crippen LogP contribution in [0.15, 0.2) is 41.6 Å². The van der Waals surface area contributed by atoms with Crippen LogP contribution >= 0.6 is 0 Å². The van der Waals surface area contributed by atoms with Crippen LogP contribution < -0.4 is 10.0 Å². The molecule has 1 aliphatic carbocycles. The van der Waals surface area contributed by atoms with E-state index < -0.39 is 21.3 Å². The van der Waals surface area contributed by atoms with Gasteiger partial charge in [-0.1, -0.05) is 13.0 Å². The Bertz CT molecular complexity index is 997. The van der Waals surface area contributed by atoms with Gasteiger partial charge in [0.2, 0.25) is 5.91 Å². The molecule has 7 heteroatoms. The molecular weight excluding hydrogens is 362 g/mol. The van der Waals surface area contributed by atoms with E-state index in [4.69, 9.17) is 0 Å². The standard InChI is InChI=1S/C20H23N3O3S/c1-2-14-8-12-21-13-16(14)20(9-10-20)19(24)23-27(25,26)18-7-3-6-17-15(18)5-4-11-22-17/h3,6-8,12-13,22H,2,4-5,9-11H2,1H3,(H,23,24). The first kappa shape index (κ1) is 18.0. The number of pyridine rings is 1. The molecule has 0 atom stereocenters. The molecule has 2 aliphatic rings. The van der Waals surface area contributed by atoms with Crippen molar-refractivity contribution in [2.24, 2.45) is 0 Å². The minimum atomic E-state index is -3.93. The Morgan fingerprint density at radius 1 is 1.30 bits per heavy atom. The molecule has 1 saturated carbocycles. The van der Waals surface area contributed by atoms with Gasteiger partial charge in [-0.05, 0) is 67.0 Å². The molecular formula is C20H23N3O3S. The molecule has 0 bridgehead atoms. The van der Waals surface area contributed by atoms with Crippen LogP contribution in [0, 0.1) is 0 Å². The number of carbonyl (C=O) groups is 1. The lowest BCUT2D eigenvalue weighted by atomic mass is 9.91. The zero-order chi connectivity index (χ0) is 19.1. The average Bonchev–Trinajstić information content (AvgIpc) is 3.49. The molecule has 2 aromatic rings. The molecule has 4 rings (SSSR count). The van der Waals surface area contributed by atoms with Crippen LogP contribution in [0.3, 0.4) is 0 Å². The first-order chi connectivity index (χ1) is 13.0. The number of aryl methyl sites for hydroxylation is 1. The molecule has 1 aromatic heterocycles. The van der Waals surface area contributed by atoms with Gasteiger partial charge in [-0.3, -0.25) is 9.78 Å². The van der Waals surface area contributed by atoms with Crippen molar-refractivity contribution in [1.82, 2.24) is 9.71 Å². The van der Waals surface area contributed by atoms with Crippen LogP contribution in [-0.2, 0) is 33.1 Å². The van der Waals surface area contributed by atoms with Gasteiger partial charge in [-0.15, -0.1) is 0 Å². The smallest absolute Gasteiger partial charge is 0.264 e. The highest BCUT2D eigenvalue weighted by Crippen LogP contribution is 2.49. The van der Waals surface area contributed by atoms with Gasteiger partial charge in [-0.25, -0.2) is 13.1 Å². The number of fused-ring (bicyclic) bond motifs is 1. The number of rotatable bonds is 5. The highest BCUT2D eigenvalue weighted by Gasteiger charge is 2.53. The van der Waals surface area contributed by atoms with Crippen LogP contribution in [0.25, 0.3) is 0 Å². The number of benzene rings is 1. The van der Waals surface area contributed by atoms with Crippen molar-refractivity contribution in [1.29, 1.82) is 0 Å². The lowest BCUT2D eigenvalue weighted by Gasteiger charge is -2.22. The molecule has 0 spiro atoms. The molecule has 6 nitrogen and oxygen atoms in total. The van der Waals surface area contributed by atoms with Crippen LogP contribution in [-0.4, -0.2) is 25.9 Å². The van der Waals surface area contributed by atoms with Crippen LogP contribution in [0.4, 0.5) is 5.69 Å². The Labute approximate surface area is 159 Å². The van der Waals surface area contributed by atoms with Crippen molar-refractivity contribution in [3.8, 4) is 0 Å². The lowest BCUT2D eigenvalue weighted by Crippen LogP contribution is -2.39. The number of hydrogen-bond acceptors (Lipinski definition) is 5. The molecule has 0 saturated heterocycles. The second-order valence-electron chi connectivity index (χ2n) is 7.22. The van der Waals surface area contributed by atoms with Gasteiger partial charge in [0, 0.05) is 24.6 Å². The first-order valence-electron chi connectivity index (χ1n) is 9.34. The summed E-state index contributed by atoms with van der Waals surface area (Å²) in [6.45, 7) is 2.85. The van der Waals surface area contributed by atoms with Crippen LogP contribution in [0.5, 0.6) is 0 Å². The molecule has 1 amide bonds. The number of anilines is 1. The van der Waals surface area contributed by atoms with Gasteiger partial charge >= 0.3 is 0 Å². The maximum Gasteiger partial charge on any atom is 0.264 e. The van der Waals surface area contributed by atoms with E-state index in [0.29, 0.717) is 19.3 Å². The van der Waals surface area contributed by atoms with Gasteiger partial charge in [-0.2, -0.15) is 0 Å². The minimum Gasteiger partial charge on any atom is -0.385 e. The third kappa shape index (κ3) is 3.10. The second kappa shape index (κ2) is 6.64. The van der Waals surface area contributed by atoms with Crippen LogP contribution in [0.1, 0.15) is 42.9 Å². The van der Waals surface area contributed by atoms with Gasteiger partial charge in [0.15, 0.2) is 0 Å². The normalized spacial score (nSPS) is 17.5. The SMILES string of the molecule is CCc1ccncc1C1(C(=O)NS(=O)(=O)c2cccc3c2CCCN3)CC1. The van der Waals surface area contributed by atoms with E-state index in [2.05, 4.69) is 15.0 Å². The summed E-state index contributed by atoms with van der Waals surface area (Å²) in [5.41, 5.74) is 2.69. The maximum atomic E-state index is 13.0. The minimum absolute atomic E-state index is 0.193. The number of carbonyl (C=O) groups excluding carboxylic acids is 1. The summed E-state index contributed by atoms with van der Waals surface area (Å²) in [6.07, 6.45) is 7.01. The fraction of sp³-hybridized carbons (Fsp3) is 0.400. The Morgan fingerprint density at radius 2 is 2.11 bits per heavy atom. The predicted molar refractivity (Wildman–Crippen MR) is 103 cm³/mol. The van der Waals surface area contributed by atoms with Crippen molar-refractivity contribution >= 4 is 21.6 Å². The summed E-state index contributed by atoms with van der Waals surface area (Å²) >= 11 is 0. The molecule has 0 radical (unpaired) electrons. The zero-order valence-electron chi connectivity index (χ0n) is 15.3. The van der Waals surface area contributed by atoms with Crippen molar-refractivity contribution < 1.29 is 13.2 Å². The van der Waals surface area contributed by atoms with Crippen molar-refractivity contribution in [2.45, 2.75) is 49.3 Å². The largest absolute Gasteiger partial charge is 0.385 e. The summed E-state index contributed by atoms with van der Waals surface area (Å²) in [4.78, 5) is 17.4. The lowest BCUT2D eigenvalue weighted by molar-refractivity contribution is -0.121. The predicted octanol–water partition coefficient (Wildman–Crippen LogP) is 2.54. The Balaban J connectivity index is 1.65. The van der Waals surface area contributed by atoms with E-state index in [1.807, 2.05) is 19.1 Å². The van der Waals surface area contributed by atoms with E-state index >= 15 is 0 Å². The van der Waals surface area contributed by atoms with Gasteiger partial charge in [0.1, 0.15) is 0 Å². The van der Waals surface area contributed by atoms with Crippen molar-refractivity contribution in [2.75, 3.05) is 11.9 Å². The van der Waals surface area contributed by atoms with Crippen molar-refractivity contribution in [3.05, 3.63) is 53.3 Å². The molecule has 2 N–H and O–H groups in total. The number of amides is 1. The Kier molecular flexibility index (Phi) is 4.42. The van der Waals surface area contributed by atoms with E-state index in [0.717, 1.165) is 41.8 Å². The Morgan fingerprint density at radius 3 is 2.85 bits per heavy atom. The third-order valence-electron chi connectivity index (χ3n) is 5.56. The molecule has 2 heterocycles. The Hall–Kier alpha value is -2.41. The molecule has 1 aliphatic heterocycles. The number of sulfonamides is 1. The van der Waals surface area contributed by atoms with E-state index in [1.54, 1.807) is 24.5 Å². The number of nitrogens with one attached hydrogen (secondary N) is 2. The number of aromatic nitrogens is 1.